The van der Waals surface area contributed by atoms with E-state index in [2.05, 4.69) is 16.0 Å². The molecule has 3 amide bonds. The molecule has 2 rings (SSSR count). The summed E-state index contributed by atoms with van der Waals surface area (Å²) in [6, 6.07) is 14.1. The Morgan fingerprint density at radius 3 is 2.24 bits per heavy atom. The van der Waals surface area contributed by atoms with Gasteiger partial charge in [0.1, 0.15) is 0 Å². The molecule has 132 valence electrons. The van der Waals surface area contributed by atoms with Gasteiger partial charge < -0.3 is 16.0 Å². The molecule has 0 radical (unpaired) electrons. The fourth-order valence-corrected chi connectivity index (χ4v) is 2.33. The lowest BCUT2D eigenvalue weighted by molar-refractivity contribution is 0.0954. The Balaban J connectivity index is 1.81. The van der Waals surface area contributed by atoms with Crippen LogP contribution in [0.1, 0.15) is 29.8 Å². The van der Waals surface area contributed by atoms with Crippen molar-refractivity contribution in [3.05, 3.63) is 64.7 Å². The standard InChI is InChI=1S/C19H22ClN3O2/c1-13(2)22-19(25)23-17-9-5-15(6-10-17)18(24)21-12-11-14-3-7-16(20)8-4-14/h3-10,13H,11-12H2,1-2H3,(H,21,24)(H2,22,23,25). The van der Waals surface area contributed by atoms with E-state index in [1.807, 2.05) is 38.1 Å². The monoisotopic (exact) mass is 359 g/mol. The van der Waals surface area contributed by atoms with Crippen LogP contribution in [-0.2, 0) is 6.42 Å². The molecular formula is C19H22ClN3O2. The first-order valence-corrected chi connectivity index (χ1v) is 8.52. The van der Waals surface area contributed by atoms with E-state index in [4.69, 9.17) is 11.6 Å². The van der Waals surface area contributed by atoms with Crippen molar-refractivity contribution < 1.29 is 9.59 Å². The van der Waals surface area contributed by atoms with E-state index < -0.39 is 0 Å². The maximum atomic E-state index is 12.1. The number of halogens is 1. The lowest BCUT2D eigenvalue weighted by Crippen LogP contribution is -2.34. The lowest BCUT2D eigenvalue weighted by Gasteiger charge is -2.10. The Kier molecular flexibility index (Phi) is 6.83. The second kappa shape index (κ2) is 9.08. The first-order valence-electron chi connectivity index (χ1n) is 8.14. The maximum Gasteiger partial charge on any atom is 0.319 e. The fourth-order valence-electron chi connectivity index (χ4n) is 2.21. The summed E-state index contributed by atoms with van der Waals surface area (Å²) in [6.07, 6.45) is 0.734. The molecule has 3 N–H and O–H groups in total. The van der Waals surface area contributed by atoms with Gasteiger partial charge in [-0.25, -0.2) is 4.79 Å². The zero-order valence-corrected chi connectivity index (χ0v) is 15.1. The second-order valence-electron chi connectivity index (χ2n) is 5.96. The molecule has 5 nitrogen and oxygen atoms in total. The van der Waals surface area contributed by atoms with Gasteiger partial charge in [0.25, 0.3) is 5.91 Å². The van der Waals surface area contributed by atoms with Crippen LogP contribution in [-0.4, -0.2) is 24.5 Å². The summed E-state index contributed by atoms with van der Waals surface area (Å²) < 4.78 is 0. The van der Waals surface area contributed by atoms with Crippen molar-refractivity contribution in [1.82, 2.24) is 10.6 Å². The van der Waals surface area contributed by atoms with E-state index in [1.54, 1.807) is 24.3 Å². The molecule has 0 bridgehead atoms. The molecule has 0 unspecified atom stereocenters. The van der Waals surface area contributed by atoms with Gasteiger partial charge in [0.15, 0.2) is 0 Å². The van der Waals surface area contributed by atoms with Gasteiger partial charge in [0, 0.05) is 28.9 Å². The van der Waals surface area contributed by atoms with Gasteiger partial charge in [-0.1, -0.05) is 23.7 Å². The van der Waals surface area contributed by atoms with Gasteiger partial charge in [-0.3, -0.25) is 4.79 Å². The minimum absolute atomic E-state index is 0.0608. The average molecular weight is 360 g/mol. The number of urea groups is 1. The molecular weight excluding hydrogens is 338 g/mol. The van der Waals surface area contributed by atoms with Crippen LogP contribution in [0.5, 0.6) is 0 Å². The quantitative estimate of drug-likeness (QED) is 0.733. The molecule has 25 heavy (non-hydrogen) atoms. The Hall–Kier alpha value is -2.53. The van der Waals surface area contributed by atoms with Crippen molar-refractivity contribution in [2.24, 2.45) is 0 Å². The highest BCUT2D eigenvalue weighted by Crippen LogP contribution is 2.11. The fraction of sp³-hybridized carbons (Fsp3) is 0.263. The summed E-state index contributed by atoms with van der Waals surface area (Å²) >= 11 is 5.85. The van der Waals surface area contributed by atoms with Crippen molar-refractivity contribution in [2.75, 3.05) is 11.9 Å². The van der Waals surface area contributed by atoms with E-state index in [9.17, 15) is 9.59 Å². The molecule has 0 fully saturated rings. The van der Waals surface area contributed by atoms with Crippen molar-refractivity contribution in [2.45, 2.75) is 26.3 Å². The van der Waals surface area contributed by atoms with Gasteiger partial charge in [0.2, 0.25) is 0 Å². The molecule has 0 saturated carbocycles. The van der Waals surface area contributed by atoms with Crippen molar-refractivity contribution in [1.29, 1.82) is 0 Å². The highest BCUT2D eigenvalue weighted by molar-refractivity contribution is 6.30. The minimum atomic E-state index is -0.268. The Labute approximate surface area is 152 Å². The topological polar surface area (TPSA) is 70.2 Å². The highest BCUT2D eigenvalue weighted by atomic mass is 35.5. The number of carbonyl (C=O) groups is 2. The molecule has 0 aliphatic rings. The van der Waals surface area contributed by atoms with Crippen LogP contribution in [0.25, 0.3) is 0 Å². The average Bonchev–Trinajstić information content (AvgIpc) is 2.56. The molecule has 2 aromatic carbocycles. The van der Waals surface area contributed by atoms with E-state index in [1.165, 1.54) is 0 Å². The van der Waals surface area contributed by atoms with E-state index in [0.29, 0.717) is 22.8 Å². The zero-order chi connectivity index (χ0) is 18.2. The van der Waals surface area contributed by atoms with Crippen LogP contribution < -0.4 is 16.0 Å². The van der Waals surface area contributed by atoms with E-state index >= 15 is 0 Å². The third-order valence-corrected chi connectivity index (χ3v) is 3.69. The van der Waals surface area contributed by atoms with Crippen LogP contribution in [0.3, 0.4) is 0 Å². The zero-order valence-electron chi connectivity index (χ0n) is 14.3. The number of rotatable bonds is 6. The minimum Gasteiger partial charge on any atom is -0.352 e. The molecule has 6 heteroatoms. The third kappa shape index (κ3) is 6.47. The van der Waals surface area contributed by atoms with Gasteiger partial charge in [-0.15, -0.1) is 0 Å². The predicted octanol–water partition coefficient (Wildman–Crippen LogP) is 3.84. The first kappa shape index (κ1) is 18.8. The molecule has 0 atom stereocenters. The number of hydrogen-bond acceptors (Lipinski definition) is 2. The van der Waals surface area contributed by atoms with Crippen LogP contribution in [0.15, 0.2) is 48.5 Å². The summed E-state index contributed by atoms with van der Waals surface area (Å²) in [4.78, 5) is 23.8. The SMILES string of the molecule is CC(C)NC(=O)Nc1ccc(C(=O)NCCc2ccc(Cl)cc2)cc1. The molecule has 0 heterocycles. The molecule has 0 aliphatic carbocycles. The molecule has 0 aromatic heterocycles. The summed E-state index contributed by atoms with van der Waals surface area (Å²) in [6.45, 7) is 4.31. The van der Waals surface area contributed by atoms with Crippen molar-refractivity contribution >= 4 is 29.2 Å². The number of carbonyl (C=O) groups excluding carboxylic acids is 2. The highest BCUT2D eigenvalue weighted by Gasteiger charge is 2.07. The maximum absolute atomic E-state index is 12.1. The number of benzene rings is 2. The first-order chi connectivity index (χ1) is 11.9. The van der Waals surface area contributed by atoms with Crippen LogP contribution in [0.4, 0.5) is 10.5 Å². The summed E-state index contributed by atoms with van der Waals surface area (Å²) in [5.74, 6) is -0.146. The van der Waals surface area contributed by atoms with Gasteiger partial charge >= 0.3 is 6.03 Å². The Bertz CT molecular complexity index is 712. The largest absolute Gasteiger partial charge is 0.352 e. The van der Waals surface area contributed by atoms with Crippen LogP contribution in [0, 0.1) is 0 Å². The normalized spacial score (nSPS) is 10.4. The molecule has 0 spiro atoms. The summed E-state index contributed by atoms with van der Waals surface area (Å²) in [5.41, 5.74) is 2.29. The van der Waals surface area contributed by atoms with Gasteiger partial charge in [-0.05, 0) is 62.2 Å². The smallest absolute Gasteiger partial charge is 0.319 e. The van der Waals surface area contributed by atoms with Gasteiger partial charge in [0.05, 0.1) is 0 Å². The van der Waals surface area contributed by atoms with Crippen LogP contribution >= 0.6 is 11.6 Å². The summed E-state index contributed by atoms with van der Waals surface area (Å²) in [7, 11) is 0. The number of hydrogen-bond donors (Lipinski definition) is 3. The van der Waals surface area contributed by atoms with E-state index in [0.717, 1.165) is 12.0 Å². The van der Waals surface area contributed by atoms with Crippen molar-refractivity contribution in [3.63, 3.8) is 0 Å². The molecule has 2 aromatic rings. The third-order valence-electron chi connectivity index (χ3n) is 3.44. The van der Waals surface area contributed by atoms with E-state index in [-0.39, 0.29) is 18.0 Å². The van der Waals surface area contributed by atoms with Gasteiger partial charge in [-0.2, -0.15) is 0 Å². The Morgan fingerprint density at radius 1 is 1.00 bits per heavy atom. The molecule has 0 aliphatic heterocycles. The second-order valence-corrected chi connectivity index (χ2v) is 6.40. The number of nitrogens with one attached hydrogen (secondary N) is 3. The summed E-state index contributed by atoms with van der Waals surface area (Å²) in [5, 5.41) is 9.03. The number of amides is 3. The Morgan fingerprint density at radius 2 is 1.64 bits per heavy atom. The lowest BCUT2D eigenvalue weighted by atomic mass is 10.1. The number of anilines is 1. The van der Waals surface area contributed by atoms with Crippen LogP contribution in [0.2, 0.25) is 5.02 Å². The van der Waals surface area contributed by atoms with Crippen molar-refractivity contribution in [3.8, 4) is 0 Å². The molecule has 0 saturated heterocycles. The predicted molar refractivity (Wildman–Crippen MR) is 101 cm³/mol.